The number of nitrogens with zero attached hydrogens (tertiary/aromatic N) is 3. The van der Waals surface area contributed by atoms with Crippen molar-refractivity contribution in [2.75, 3.05) is 11.1 Å². The molecule has 30 heavy (non-hydrogen) atoms. The molecule has 154 valence electrons. The molecule has 11 heteroatoms. The second-order valence-electron chi connectivity index (χ2n) is 6.49. The molecule has 0 spiro atoms. The zero-order chi connectivity index (χ0) is 21.5. The predicted octanol–water partition coefficient (Wildman–Crippen LogP) is 5.22. The molecule has 0 radical (unpaired) electrons. The molecule has 0 unspecified atom stereocenters. The zero-order valence-electron chi connectivity index (χ0n) is 15.3. The lowest BCUT2D eigenvalue weighted by Gasteiger charge is -2.14. The summed E-state index contributed by atoms with van der Waals surface area (Å²) in [5, 5.41) is 11.5. The molecular weight excluding hydrogens is 439 g/mol. The lowest BCUT2D eigenvalue weighted by atomic mass is 10.1. The number of H-pyrrole nitrogens is 1. The topological polar surface area (TPSA) is 83.6 Å². The van der Waals surface area contributed by atoms with Crippen molar-refractivity contribution in [1.82, 2.24) is 20.2 Å². The van der Waals surface area contributed by atoms with E-state index in [9.17, 15) is 18.0 Å². The van der Waals surface area contributed by atoms with E-state index in [1.807, 2.05) is 25.1 Å². The summed E-state index contributed by atoms with van der Waals surface area (Å²) in [7, 11) is 0. The van der Waals surface area contributed by atoms with E-state index >= 15 is 0 Å². The minimum atomic E-state index is -4.65. The van der Waals surface area contributed by atoms with Gasteiger partial charge in [-0.2, -0.15) is 13.2 Å². The van der Waals surface area contributed by atoms with Crippen molar-refractivity contribution in [1.29, 1.82) is 0 Å². The third-order valence-corrected chi connectivity index (χ3v) is 5.32. The summed E-state index contributed by atoms with van der Waals surface area (Å²) < 4.78 is 39.4. The second-order valence-corrected chi connectivity index (χ2v) is 7.87. The first-order valence-corrected chi connectivity index (χ1v) is 9.99. The number of carbonyl (C=O) groups is 1. The number of thioether (sulfide) groups is 1. The minimum absolute atomic E-state index is 0.0731. The Kier molecular flexibility index (Phi) is 5.29. The van der Waals surface area contributed by atoms with E-state index in [0.29, 0.717) is 11.2 Å². The molecule has 0 atom stereocenters. The summed E-state index contributed by atoms with van der Waals surface area (Å²) in [5.41, 5.74) is 1.68. The lowest BCUT2D eigenvalue weighted by molar-refractivity contribution is -0.137. The molecule has 0 fully saturated rings. The maximum Gasteiger partial charge on any atom is 0.418 e. The summed E-state index contributed by atoms with van der Waals surface area (Å²) in [5.74, 6) is -0.823. The van der Waals surface area contributed by atoms with E-state index < -0.39 is 17.6 Å². The van der Waals surface area contributed by atoms with Crippen LogP contribution in [-0.4, -0.2) is 31.8 Å². The average molecular weight is 452 g/mol. The second kappa shape index (κ2) is 7.77. The van der Waals surface area contributed by atoms with Gasteiger partial charge in [-0.3, -0.25) is 4.79 Å². The van der Waals surface area contributed by atoms with Crippen LogP contribution >= 0.6 is 23.4 Å². The smallest absolute Gasteiger partial charge is 0.338 e. The van der Waals surface area contributed by atoms with Crippen molar-refractivity contribution in [3.63, 3.8) is 0 Å². The molecule has 0 aliphatic heterocycles. The van der Waals surface area contributed by atoms with Crippen LogP contribution in [0.25, 0.3) is 22.1 Å². The van der Waals surface area contributed by atoms with E-state index in [1.165, 1.54) is 6.07 Å². The number of anilines is 1. The number of carbonyl (C=O) groups excluding carboxylic acids is 1. The number of aromatic amines is 1. The predicted molar refractivity (Wildman–Crippen MR) is 110 cm³/mol. The number of amides is 1. The van der Waals surface area contributed by atoms with Crippen molar-refractivity contribution in [2.45, 2.75) is 18.3 Å². The quantitative estimate of drug-likeness (QED) is 0.416. The van der Waals surface area contributed by atoms with Crippen LogP contribution in [0.4, 0.5) is 18.9 Å². The third-order valence-electron chi connectivity index (χ3n) is 4.24. The molecule has 2 aromatic heterocycles. The maximum absolute atomic E-state index is 13.1. The summed E-state index contributed by atoms with van der Waals surface area (Å²) in [6.45, 7) is 1.97. The van der Waals surface area contributed by atoms with Gasteiger partial charge in [-0.15, -0.1) is 10.2 Å². The van der Waals surface area contributed by atoms with Gasteiger partial charge in [0, 0.05) is 15.9 Å². The Morgan fingerprint density at radius 2 is 2.00 bits per heavy atom. The van der Waals surface area contributed by atoms with E-state index in [0.717, 1.165) is 40.4 Å². The Labute approximate surface area is 177 Å². The summed E-state index contributed by atoms with van der Waals surface area (Å²) in [6, 6.07) is 9.00. The largest absolute Gasteiger partial charge is 0.418 e. The fraction of sp³-hybridized carbons (Fsp3) is 0.158. The number of alkyl halides is 3. The zero-order valence-corrected chi connectivity index (χ0v) is 16.9. The van der Waals surface area contributed by atoms with Gasteiger partial charge < -0.3 is 10.3 Å². The molecule has 4 rings (SSSR count). The molecule has 0 aliphatic rings. The highest BCUT2D eigenvalue weighted by Gasteiger charge is 2.34. The van der Waals surface area contributed by atoms with Gasteiger partial charge in [0.1, 0.15) is 5.52 Å². The molecule has 4 aromatic rings. The summed E-state index contributed by atoms with van der Waals surface area (Å²) in [4.78, 5) is 19.7. The fourth-order valence-electron chi connectivity index (χ4n) is 2.91. The number of aryl methyl sites for hydroxylation is 1. The molecule has 1 amide bonds. The van der Waals surface area contributed by atoms with Crippen LogP contribution in [0.2, 0.25) is 5.02 Å². The lowest BCUT2D eigenvalue weighted by Crippen LogP contribution is -2.18. The number of fused-ring (bicyclic) bond motifs is 3. The van der Waals surface area contributed by atoms with Crippen LogP contribution in [0.5, 0.6) is 0 Å². The SMILES string of the molecule is Cc1ccc2[nH]c3nc(SCC(=O)Nc4ccc(Cl)cc4C(F)(F)F)nnc3c2c1. The highest BCUT2D eigenvalue weighted by molar-refractivity contribution is 7.99. The summed E-state index contributed by atoms with van der Waals surface area (Å²) in [6.07, 6.45) is -4.65. The monoisotopic (exact) mass is 451 g/mol. The van der Waals surface area contributed by atoms with Crippen molar-refractivity contribution >= 4 is 57.0 Å². The van der Waals surface area contributed by atoms with E-state index in [1.54, 1.807) is 0 Å². The molecule has 0 bridgehead atoms. The van der Waals surface area contributed by atoms with Gasteiger partial charge in [0.2, 0.25) is 11.1 Å². The van der Waals surface area contributed by atoms with Crippen LogP contribution in [-0.2, 0) is 11.0 Å². The molecule has 0 saturated carbocycles. The van der Waals surface area contributed by atoms with Crippen LogP contribution in [0, 0.1) is 6.92 Å². The van der Waals surface area contributed by atoms with E-state index in [2.05, 4.69) is 25.5 Å². The molecule has 2 heterocycles. The van der Waals surface area contributed by atoms with Crippen molar-refractivity contribution in [2.24, 2.45) is 0 Å². The van der Waals surface area contributed by atoms with Gasteiger partial charge in [-0.1, -0.05) is 35.0 Å². The number of hydrogen-bond donors (Lipinski definition) is 2. The van der Waals surface area contributed by atoms with Gasteiger partial charge >= 0.3 is 6.18 Å². The van der Waals surface area contributed by atoms with Crippen molar-refractivity contribution in [3.8, 4) is 0 Å². The first-order chi connectivity index (χ1) is 14.2. The first-order valence-electron chi connectivity index (χ1n) is 8.63. The Morgan fingerprint density at radius 3 is 2.77 bits per heavy atom. The van der Waals surface area contributed by atoms with Crippen molar-refractivity contribution < 1.29 is 18.0 Å². The maximum atomic E-state index is 13.1. The van der Waals surface area contributed by atoms with Gasteiger partial charge in [-0.05, 0) is 37.3 Å². The number of rotatable bonds is 4. The van der Waals surface area contributed by atoms with Crippen LogP contribution < -0.4 is 5.32 Å². The molecular formula is C19H13ClF3N5OS. The number of nitrogens with one attached hydrogen (secondary N) is 2. The number of benzene rings is 2. The molecule has 0 aliphatic carbocycles. The van der Waals surface area contributed by atoms with Gasteiger partial charge in [0.15, 0.2) is 5.65 Å². The third kappa shape index (κ3) is 4.19. The standard InChI is InChI=1S/C19H13ClF3N5OS/c1-9-2-4-13-11(6-9)16-17(25-13)26-18(28-27-16)30-8-15(29)24-14-5-3-10(20)7-12(14)19(21,22)23/h2-7H,8H2,1H3,(H,24,29)(H,25,26,28). The Morgan fingerprint density at radius 1 is 1.20 bits per heavy atom. The van der Waals surface area contributed by atoms with Gasteiger partial charge in [0.05, 0.1) is 17.0 Å². The van der Waals surface area contributed by atoms with Crippen LogP contribution in [0.15, 0.2) is 41.6 Å². The number of hydrogen-bond acceptors (Lipinski definition) is 5. The number of aromatic nitrogens is 4. The number of halogens is 4. The highest BCUT2D eigenvalue weighted by atomic mass is 35.5. The Hall–Kier alpha value is -2.85. The average Bonchev–Trinajstić information content (AvgIpc) is 3.04. The molecule has 2 N–H and O–H groups in total. The Bertz CT molecular complexity index is 1270. The molecule has 2 aromatic carbocycles. The minimum Gasteiger partial charge on any atom is -0.338 e. The van der Waals surface area contributed by atoms with Gasteiger partial charge in [0.25, 0.3) is 0 Å². The highest BCUT2D eigenvalue weighted by Crippen LogP contribution is 2.36. The first kappa shape index (κ1) is 20.4. The summed E-state index contributed by atoms with van der Waals surface area (Å²) >= 11 is 6.61. The van der Waals surface area contributed by atoms with Gasteiger partial charge in [-0.25, -0.2) is 4.98 Å². The normalized spacial score (nSPS) is 11.9. The fourth-order valence-corrected chi connectivity index (χ4v) is 3.67. The van der Waals surface area contributed by atoms with E-state index in [4.69, 9.17) is 11.6 Å². The van der Waals surface area contributed by atoms with Crippen molar-refractivity contribution in [3.05, 3.63) is 52.5 Å². The van der Waals surface area contributed by atoms with Crippen LogP contribution in [0.3, 0.4) is 0 Å². The van der Waals surface area contributed by atoms with E-state index in [-0.39, 0.29) is 21.6 Å². The molecule has 0 saturated heterocycles. The molecule has 6 nitrogen and oxygen atoms in total. The Balaban J connectivity index is 1.49. The van der Waals surface area contributed by atoms with Crippen LogP contribution in [0.1, 0.15) is 11.1 Å².